The number of rotatable bonds is 6. The van der Waals surface area contributed by atoms with Gasteiger partial charge in [0.2, 0.25) is 0 Å². The summed E-state index contributed by atoms with van der Waals surface area (Å²) in [5, 5.41) is 9.46. The fourth-order valence-electron chi connectivity index (χ4n) is 7.93. The van der Waals surface area contributed by atoms with Crippen LogP contribution in [0.25, 0.3) is 55.9 Å². The molecule has 2 aromatic carbocycles. The number of carbonyl (C=O) groups excluding carboxylic acids is 1. The summed E-state index contributed by atoms with van der Waals surface area (Å²) in [5.41, 5.74) is 8.05. The molecule has 3 fully saturated rings. The number of nitrogens with zero attached hydrogens (tertiary/aromatic N) is 8. The summed E-state index contributed by atoms with van der Waals surface area (Å²) in [4.78, 5) is 26.3. The van der Waals surface area contributed by atoms with Crippen LogP contribution in [0.15, 0.2) is 48.5 Å². The second kappa shape index (κ2) is 9.63. The SMILES string of the molecule is COc1cc(C(=O)N2CC3CCC2[C@@H]3C)cc2nc(-c3cc4ccc(-c5ccc6nnn(C)c6c5)nc4n3CC3CC3)n(C)c12. The maximum absolute atomic E-state index is 13.8. The van der Waals surface area contributed by atoms with E-state index in [4.69, 9.17) is 14.7 Å². The third kappa shape index (κ3) is 4.04. The first-order valence-corrected chi connectivity index (χ1v) is 16.0. The normalized spacial score (nSPS) is 21.2. The van der Waals surface area contributed by atoms with Crippen LogP contribution in [0.4, 0.5) is 0 Å². The van der Waals surface area contributed by atoms with E-state index < -0.39 is 0 Å². The van der Waals surface area contributed by atoms with Crippen molar-refractivity contribution in [2.24, 2.45) is 31.8 Å². The Balaban J connectivity index is 1.16. The van der Waals surface area contributed by atoms with E-state index in [-0.39, 0.29) is 5.91 Å². The smallest absolute Gasteiger partial charge is 0.254 e. The number of pyridine rings is 1. The predicted molar refractivity (Wildman–Crippen MR) is 173 cm³/mol. The molecule has 0 radical (unpaired) electrons. The number of benzene rings is 2. The largest absolute Gasteiger partial charge is 0.494 e. The number of hydrogen-bond donors (Lipinski definition) is 0. The summed E-state index contributed by atoms with van der Waals surface area (Å²) >= 11 is 0. The van der Waals surface area contributed by atoms with Gasteiger partial charge in [-0.15, -0.1) is 5.10 Å². The molecule has 0 N–H and O–H groups in total. The van der Waals surface area contributed by atoms with E-state index in [9.17, 15) is 4.79 Å². The molecule has 3 atom stereocenters. The number of hydrogen-bond acceptors (Lipinski definition) is 6. The minimum absolute atomic E-state index is 0.0844. The number of methoxy groups -OCH3 is 1. The van der Waals surface area contributed by atoms with Crippen LogP contribution in [0.3, 0.4) is 0 Å². The van der Waals surface area contributed by atoms with Crippen molar-refractivity contribution in [1.82, 2.24) is 39.0 Å². The van der Waals surface area contributed by atoms with Crippen LogP contribution in [-0.4, -0.2) is 64.6 Å². The van der Waals surface area contributed by atoms with Crippen LogP contribution in [-0.2, 0) is 20.6 Å². The number of piperidine rings is 1. The van der Waals surface area contributed by atoms with Crippen molar-refractivity contribution in [3.8, 4) is 28.5 Å². The molecule has 3 aliphatic rings. The van der Waals surface area contributed by atoms with E-state index in [2.05, 4.69) is 61.6 Å². The molecular formula is C35H36N8O2. The highest BCUT2D eigenvalue weighted by Crippen LogP contribution is 2.44. The molecule has 228 valence electrons. The van der Waals surface area contributed by atoms with Crippen LogP contribution < -0.4 is 4.74 Å². The lowest BCUT2D eigenvalue weighted by Gasteiger charge is -2.27. The third-order valence-corrected chi connectivity index (χ3v) is 10.7. The van der Waals surface area contributed by atoms with Gasteiger partial charge in [0.05, 0.1) is 29.5 Å². The van der Waals surface area contributed by atoms with Gasteiger partial charge in [-0.25, -0.2) is 14.6 Å². The molecule has 9 rings (SSSR count). The molecule has 6 aromatic rings. The summed E-state index contributed by atoms with van der Waals surface area (Å²) < 4.78 is 12.1. The minimum Gasteiger partial charge on any atom is -0.494 e. The molecule has 2 unspecified atom stereocenters. The van der Waals surface area contributed by atoms with Crippen molar-refractivity contribution in [2.45, 2.75) is 45.2 Å². The van der Waals surface area contributed by atoms with E-state index in [0.29, 0.717) is 35.1 Å². The van der Waals surface area contributed by atoms with Crippen LogP contribution in [0.2, 0.25) is 0 Å². The molecule has 1 saturated heterocycles. The number of carbonyl (C=O) groups is 1. The van der Waals surface area contributed by atoms with Gasteiger partial charge in [-0.1, -0.05) is 18.2 Å². The van der Waals surface area contributed by atoms with Crippen molar-refractivity contribution < 1.29 is 9.53 Å². The van der Waals surface area contributed by atoms with Crippen molar-refractivity contribution >= 4 is 39.0 Å². The van der Waals surface area contributed by atoms with Gasteiger partial charge < -0.3 is 18.8 Å². The van der Waals surface area contributed by atoms with Gasteiger partial charge in [-0.3, -0.25) is 4.79 Å². The summed E-state index contributed by atoms with van der Waals surface area (Å²) in [6, 6.07) is 16.8. The molecule has 45 heavy (non-hydrogen) atoms. The predicted octanol–water partition coefficient (Wildman–Crippen LogP) is 5.83. The van der Waals surface area contributed by atoms with E-state index in [1.807, 2.05) is 32.3 Å². The fourth-order valence-corrected chi connectivity index (χ4v) is 7.93. The highest BCUT2D eigenvalue weighted by atomic mass is 16.5. The molecule has 1 aliphatic heterocycles. The Hall–Kier alpha value is -4.73. The van der Waals surface area contributed by atoms with E-state index in [1.54, 1.807) is 11.8 Å². The zero-order chi connectivity index (χ0) is 30.6. The highest BCUT2D eigenvalue weighted by Gasteiger charge is 2.46. The molecular weight excluding hydrogens is 564 g/mol. The number of imidazole rings is 1. The summed E-state index contributed by atoms with van der Waals surface area (Å²) in [7, 11) is 5.61. The Kier molecular flexibility index (Phi) is 5.71. The zero-order valence-corrected chi connectivity index (χ0v) is 26.1. The quantitative estimate of drug-likeness (QED) is 0.239. The fraction of sp³-hybridized carbons (Fsp3) is 0.400. The van der Waals surface area contributed by atoms with Gasteiger partial charge in [0.1, 0.15) is 22.4 Å². The molecule has 2 saturated carbocycles. The standard InChI is InChI=1S/C35H36N8O2/c1-19-23-9-12-28(19)43(18-23)35(44)24-13-27-32(31(16-24)45-4)40(2)34(37-27)30-15-22-8-10-25(36-33(22)42(30)17-20-5-6-20)21-7-11-26-29(14-21)41(3)39-38-26/h7-8,10-11,13-16,19-20,23,28H,5-6,9,12,17-18H2,1-4H3/t19-,23?,28?/m1/s1. The van der Waals surface area contributed by atoms with Crippen molar-refractivity contribution in [1.29, 1.82) is 0 Å². The van der Waals surface area contributed by atoms with Crippen LogP contribution in [0.5, 0.6) is 5.75 Å². The number of aromatic nitrogens is 7. The number of likely N-dealkylation sites (tertiary alicyclic amines) is 1. The summed E-state index contributed by atoms with van der Waals surface area (Å²) in [6.07, 6.45) is 4.77. The average molecular weight is 601 g/mol. The lowest BCUT2D eigenvalue weighted by Crippen LogP contribution is -2.38. The minimum atomic E-state index is 0.0844. The lowest BCUT2D eigenvalue weighted by atomic mass is 10.0. The van der Waals surface area contributed by atoms with Gasteiger partial charge >= 0.3 is 0 Å². The van der Waals surface area contributed by atoms with Gasteiger partial charge in [0.15, 0.2) is 5.82 Å². The maximum atomic E-state index is 13.8. The third-order valence-electron chi connectivity index (χ3n) is 10.7. The number of aryl methyl sites for hydroxylation is 2. The molecule has 2 bridgehead atoms. The summed E-state index contributed by atoms with van der Waals surface area (Å²) in [5.74, 6) is 3.40. The number of ether oxygens (including phenoxy) is 1. The first-order chi connectivity index (χ1) is 21.9. The molecule has 4 aromatic heterocycles. The Morgan fingerprint density at radius 3 is 2.60 bits per heavy atom. The maximum Gasteiger partial charge on any atom is 0.254 e. The van der Waals surface area contributed by atoms with E-state index >= 15 is 0 Å². The number of amides is 1. The van der Waals surface area contributed by atoms with Gasteiger partial charge in [0, 0.05) is 49.7 Å². The highest BCUT2D eigenvalue weighted by molar-refractivity contribution is 6.00. The zero-order valence-electron chi connectivity index (χ0n) is 26.1. The molecule has 10 heteroatoms. The number of fused-ring (bicyclic) bond motifs is 5. The van der Waals surface area contributed by atoms with E-state index in [1.165, 1.54) is 19.3 Å². The van der Waals surface area contributed by atoms with Crippen molar-refractivity contribution in [2.75, 3.05) is 13.7 Å². The first kappa shape index (κ1) is 26.7. The van der Waals surface area contributed by atoms with Crippen molar-refractivity contribution in [3.05, 3.63) is 54.1 Å². The second-order valence-corrected chi connectivity index (χ2v) is 13.4. The Morgan fingerprint density at radius 2 is 1.84 bits per heavy atom. The topological polar surface area (TPSA) is 95.9 Å². The Bertz CT molecular complexity index is 2170. The van der Waals surface area contributed by atoms with Gasteiger partial charge in [0.25, 0.3) is 5.91 Å². The Labute approximate surface area is 260 Å². The molecule has 0 spiro atoms. The summed E-state index contributed by atoms with van der Waals surface area (Å²) in [6.45, 7) is 4.03. The average Bonchev–Trinajstić information content (AvgIpc) is 3.26. The molecule has 1 amide bonds. The van der Waals surface area contributed by atoms with Gasteiger partial charge in [-0.2, -0.15) is 0 Å². The van der Waals surface area contributed by atoms with Crippen LogP contribution in [0, 0.1) is 17.8 Å². The van der Waals surface area contributed by atoms with Crippen molar-refractivity contribution in [3.63, 3.8) is 0 Å². The van der Waals surface area contributed by atoms with Crippen LogP contribution in [0.1, 0.15) is 43.0 Å². The van der Waals surface area contributed by atoms with E-state index in [0.717, 1.165) is 75.4 Å². The molecule has 5 heterocycles. The van der Waals surface area contributed by atoms with Gasteiger partial charge in [-0.05, 0) is 85.9 Å². The Morgan fingerprint density at radius 1 is 0.978 bits per heavy atom. The lowest BCUT2D eigenvalue weighted by molar-refractivity contribution is 0.0696. The first-order valence-electron chi connectivity index (χ1n) is 16.0. The van der Waals surface area contributed by atoms with Crippen LogP contribution >= 0.6 is 0 Å². The molecule has 10 nitrogen and oxygen atoms in total. The molecule has 2 aliphatic carbocycles. The second-order valence-electron chi connectivity index (χ2n) is 13.4. The monoisotopic (exact) mass is 600 g/mol.